The molecule has 2 aromatic heterocycles. The maximum atomic E-state index is 11.4. The number of nitrogens with one attached hydrogen (secondary N) is 2. The summed E-state index contributed by atoms with van der Waals surface area (Å²) in [5.41, 5.74) is 0.158. The second kappa shape index (κ2) is 3.78. The molecule has 0 bridgehead atoms. The molecular formula is C7H7N5O3. The number of methoxy groups -OCH3 is 1. The number of rotatable bonds is 3. The zero-order valence-electron chi connectivity index (χ0n) is 7.72. The molecular weight excluding hydrogens is 202 g/mol. The van der Waals surface area contributed by atoms with Gasteiger partial charge in [-0.15, -0.1) is 5.10 Å². The number of aromatic nitrogens is 4. The Hall–Kier alpha value is -2.38. The number of hydrogen-bond acceptors (Lipinski definition) is 6. The number of aromatic amines is 1. The first-order valence-electron chi connectivity index (χ1n) is 3.97. The molecule has 2 heterocycles. The standard InChI is InChI=1S/C7H7N5O3/c1-14-7-9-6(10-11-7)8-5(13)4-2-3-15-12-4/h2-3H,1H3,(H2,8,9,10,11,13). The van der Waals surface area contributed by atoms with Crippen molar-refractivity contribution in [3.63, 3.8) is 0 Å². The summed E-state index contributed by atoms with van der Waals surface area (Å²) in [5, 5.41) is 12.0. The Morgan fingerprint density at radius 1 is 1.67 bits per heavy atom. The van der Waals surface area contributed by atoms with E-state index in [0.717, 1.165) is 0 Å². The number of hydrogen-bond donors (Lipinski definition) is 2. The maximum absolute atomic E-state index is 11.4. The van der Waals surface area contributed by atoms with E-state index in [-0.39, 0.29) is 17.7 Å². The highest BCUT2D eigenvalue weighted by Gasteiger charge is 2.11. The highest BCUT2D eigenvalue weighted by molar-refractivity contribution is 6.01. The van der Waals surface area contributed by atoms with Gasteiger partial charge in [-0.25, -0.2) is 5.10 Å². The van der Waals surface area contributed by atoms with Crippen molar-refractivity contribution in [3.05, 3.63) is 18.0 Å². The van der Waals surface area contributed by atoms with Gasteiger partial charge in [-0.2, -0.15) is 4.98 Å². The molecule has 0 aromatic carbocycles. The third kappa shape index (κ3) is 1.93. The van der Waals surface area contributed by atoms with Crippen molar-refractivity contribution in [2.24, 2.45) is 0 Å². The Morgan fingerprint density at radius 2 is 2.53 bits per heavy atom. The number of nitrogens with zero attached hydrogens (tertiary/aromatic N) is 3. The number of H-pyrrole nitrogens is 1. The van der Waals surface area contributed by atoms with E-state index in [0.29, 0.717) is 0 Å². The molecule has 1 amide bonds. The average Bonchev–Trinajstić information content (AvgIpc) is 2.87. The molecule has 0 radical (unpaired) electrons. The molecule has 0 unspecified atom stereocenters. The van der Waals surface area contributed by atoms with Crippen molar-refractivity contribution in [2.75, 3.05) is 12.4 Å². The molecule has 2 aromatic rings. The number of anilines is 1. The molecule has 0 aliphatic heterocycles. The van der Waals surface area contributed by atoms with E-state index in [1.54, 1.807) is 0 Å². The van der Waals surface area contributed by atoms with Crippen molar-refractivity contribution < 1.29 is 14.1 Å². The Morgan fingerprint density at radius 3 is 3.13 bits per heavy atom. The van der Waals surface area contributed by atoms with Gasteiger partial charge in [-0.1, -0.05) is 5.16 Å². The SMILES string of the molecule is COc1n[nH]c(NC(=O)c2ccon2)n1. The van der Waals surface area contributed by atoms with E-state index in [1.165, 1.54) is 19.4 Å². The van der Waals surface area contributed by atoms with Crippen LogP contribution in [0.1, 0.15) is 10.5 Å². The molecule has 15 heavy (non-hydrogen) atoms. The number of carbonyl (C=O) groups excluding carboxylic acids is 1. The van der Waals surface area contributed by atoms with E-state index < -0.39 is 5.91 Å². The predicted molar refractivity (Wildman–Crippen MR) is 47.4 cm³/mol. The summed E-state index contributed by atoms with van der Waals surface area (Å²) < 4.78 is 9.25. The molecule has 78 valence electrons. The van der Waals surface area contributed by atoms with E-state index in [4.69, 9.17) is 4.74 Å². The van der Waals surface area contributed by atoms with Crippen LogP contribution in [-0.4, -0.2) is 33.4 Å². The van der Waals surface area contributed by atoms with Gasteiger partial charge in [0.1, 0.15) is 6.26 Å². The normalized spacial score (nSPS) is 9.93. The van der Waals surface area contributed by atoms with Gasteiger partial charge in [0, 0.05) is 6.07 Å². The summed E-state index contributed by atoms with van der Waals surface area (Å²) in [7, 11) is 1.42. The van der Waals surface area contributed by atoms with Crippen LogP contribution in [0.3, 0.4) is 0 Å². The summed E-state index contributed by atoms with van der Waals surface area (Å²) in [5.74, 6) is -0.262. The third-order valence-electron chi connectivity index (χ3n) is 1.55. The monoisotopic (exact) mass is 209 g/mol. The van der Waals surface area contributed by atoms with Gasteiger partial charge in [0.2, 0.25) is 5.95 Å². The van der Waals surface area contributed by atoms with Gasteiger partial charge >= 0.3 is 6.01 Å². The zero-order valence-corrected chi connectivity index (χ0v) is 7.72. The van der Waals surface area contributed by atoms with Crippen molar-refractivity contribution >= 4 is 11.9 Å². The zero-order chi connectivity index (χ0) is 10.7. The first-order chi connectivity index (χ1) is 7.29. The Labute approximate surface area is 83.6 Å². The molecule has 0 aliphatic rings. The van der Waals surface area contributed by atoms with Gasteiger partial charge < -0.3 is 9.26 Å². The summed E-state index contributed by atoms with van der Waals surface area (Å²) in [6.45, 7) is 0. The van der Waals surface area contributed by atoms with Gasteiger partial charge in [-0.05, 0) is 0 Å². The lowest BCUT2D eigenvalue weighted by molar-refractivity contribution is 0.101. The van der Waals surface area contributed by atoms with Crippen molar-refractivity contribution in [1.82, 2.24) is 20.3 Å². The van der Waals surface area contributed by atoms with Gasteiger partial charge in [0.05, 0.1) is 7.11 Å². The molecule has 8 heteroatoms. The van der Waals surface area contributed by atoms with Crippen molar-refractivity contribution in [3.8, 4) is 6.01 Å². The fraction of sp³-hybridized carbons (Fsp3) is 0.143. The largest absolute Gasteiger partial charge is 0.466 e. The molecule has 0 aliphatic carbocycles. The summed E-state index contributed by atoms with van der Waals surface area (Å²) in [6, 6.07) is 1.58. The van der Waals surface area contributed by atoms with E-state index >= 15 is 0 Å². The van der Waals surface area contributed by atoms with Crippen LogP contribution in [0.15, 0.2) is 16.9 Å². The van der Waals surface area contributed by atoms with Crippen LogP contribution in [-0.2, 0) is 0 Å². The van der Waals surface area contributed by atoms with Crippen LogP contribution in [0, 0.1) is 0 Å². The van der Waals surface area contributed by atoms with E-state index in [1.807, 2.05) is 0 Å². The molecule has 0 spiro atoms. The van der Waals surface area contributed by atoms with E-state index in [9.17, 15) is 4.79 Å². The lowest BCUT2D eigenvalue weighted by Gasteiger charge is -1.95. The quantitative estimate of drug-likeness (QED) is 0.739. The topological polar surface area (TPSA) is 106 Å². The van der Waals surface area contributed by atoms with Crippen LogP contribution < -0.4 is 10.1 Å². The first kappa shape index (κ1) is 9.19. The smallest absolute Gasteiger partial charge is 0.336 e. The van der Waals surface area contributed by atoms with Crippen LogP contribution in [0.2, 0.25) is 0 Å². The number of amides is 1. The summed E-state index contributed by atoms with van der Waals surface area (Å²) in [4.78, 5) is 15.2. The van der Waals surface area contributed by atoms with Crippen LogP contribution in [0.4, 0.5) is 5.95 Å². The van der Waals surface area contributed by atoms with Crippen molar-refractivity contribution in [2.45, 2.75) is 0 Å². The first-order valence-corrected chi connectivity index (χ1v) is 3.97. The fourth-order valence-corrected chi connectivity index (χ4v) is 0.895. The van der Waals surface area contributed by atoms with Gasteiger partial charge in [-0.3, -0.25) is 10.1 Å². The Balaban J connectivity index is 2.06. The third-order valence-corrected chi connectivity index (χ3v) is 1.55. The minimum absolute atomic E-state index is 0.144. The Bertz CT molecular complexity index is 449. The van der Waals surface area contributed by atoms with E-state index in [2.05, 4.69) is 30.2 Å². The van der Waals surface area contributed by atoms with Crippen molar-refractivity contribution in [1.29, 1.82) is 0 Å². The second-order valence-corrected chi connectivity index (χ2v) is 2.51. The molecule has 0 saturated carbocycles. The highest BCUT2D eigenvalue weighted by atomic mass is 16.5. The summed E-state index contributed by atoms with van der Waals surface area (Å²) >= 11 is 0. The highest BCUT2D eigenvalue weighted by Crippen LogP contribution is 2.06. The fourth-order valence-electron chi connectivity index (χ4n) is 0.895. The van der Waals surface area contributed by atoms with Crippen LogP contribution in [0.25, 0.3) is 0 Å². The predicted octanol–water partition coefficient (Wildman–Crippen LogP) is 0.0536. The molecule has 0 saturated heterocycles. The second-order valence-electron chi connectivity index (χ2n) is 2.51. The average molecular weight is 209 g/mol. The lowest BCUT2D eigenvalue weighted by Crippen LogP contribution is -2.13. The molecule has 2 N–H and O–H groups in total. The molecule has 8 nitrogen and oxygen atoms in total. The Kier molecular flexibility index (Phi) is 2.31. The molecule has 0 atom stereocenters. The van der Waals surface area contributed by atoms with Crippen LogP contribution >= 0.6 is 0 Å². The maximum Gasteiger partial charge on any atom is 0.336 e. The lowest BCUT2D eigenvalue weighted by atomic mass is 10.4. The summed E-state index contributed by atoms with van der Waals surface area (Å²) in [6.07, 6.45) is 1.30. The minimum atomic E-state index is -0.442. The minimum Gasteiger partial charge on any atom is -0.466 e. The van der Waals surface area contributed by atoms with Crippen LogP contribution in [0.5, 0.6) is 6.01 Å². The number of carbonyl (C=O) groups is 1. The molecule has 0 fully saturated rings. The van der Waals surface area contributed by atoms with Gasteiger partial charge in [0.15, 0.2) is 5.69 Å². The van der Waals surface area contributed by atoms with Gasteiger partial charge in [0.25, 0.3) is 5.91 Å². The molecule has 2 rings (SSSR count). The number of ether oxygens (including phenoxy) is 1.